The summed E-state index contributed by atoms with van der Waals surface area (Å²) in [4.78, 5) is 11.2. The van der Waals surface area contributed by atoms with Crippen LogP contribution in [0.15, 0.2) is 0 Å². The molecule has 0 aromatic heterocycles. The Balaban J connectivity index is 3.45. The molecule has 0 unspecified atom stereocenters. The first-order chi connectivity index (χ1) is 8.13. The quantitative estimate of drug-likeness (QED) is 0.414. The smallest absolute Gasteiger partial charge is 0.251 e. The van der Waals surface area contributed by atoms with E-state index in [9.17, 15) is 9.90 Å². The standard InChI is InChI=1S/C12H25NO4/c1-2-3-4-5-6-7-8-13-12(17)11(16)10(15)9-14/h10-11,14-16H,2-9H2,1H3,(H,13,17)/t10-,11-/m1/s1. The molecule has 0 rings (SSSR count). The van der Waals surface area contributed by atoms with Crippen LogP contribution in [-0.4, -0.2) is 46.6 Å². The van der Waals surface area contributed by atoms with Gasteiger partial charge in [-0.15, -0.1) is 0 Å². The molecule has 0 aromatic rings. The maximum absolute atomic E-state index is 11.2. The van der Waals surface area contributed by atoms with Gasteiger partial charge in [-0.2, -0.15) is 0 Å². The van der Waals surface area contributed by atoms with E-state index in [-0.39, 0.29) is 0 Å². The summed E-state index contributed by atoms with van der Waals surface area (Å²) in [5.74, 6) is -0.625. The van der Waals surface area contributed by atoms with Gasteiger partial charge in [-0.1, -0.05) is 39.0 Å². The zero-order valence-electron chi connectivity index (χ0n) is 10.6. The topological polar surface area (TPSA) is 89.8 Å². The Morgan fingerprint density at radius 1 is 1.12 bits per heavy atom. The molecule has 0 aromatic carbocycles. The van der Waals surface area contributed by atoms with Crippen molar-refractivity contribution in [2.24, 2.45) is 0 Å². The highest BCUT2D eigenvalue weighted by Gasteiger charge is 2.22. The zero-order chi connectivity index (χ0) is 13.1. The van der Waals surface area contributed by atoms with Gasteiger partial charge in [-0.05, 0) is 6.42 Å². The van der Waals surface area contributed by atoms with Gasteiger partial charge in [-0.3, -0.25) is 4.79 Å². The van der Waals surface area contributed by atoms with Gasteiger partial charge < -0.3 is 20.6 Å². The Labute approximate surface area is 103 Å². The third kappa shape index (κ3) is 8.12. The molecule has 0 radical (unpaired) electrons. The van der Waals surface area contributed by atoms with Crippen LogP contribution in [-0.2, 0) is 4.79 Å². The predicted molar refractivity (Wildman–Crippen MR) is 65.5 cm³/mol. The summed E-state index contributed by atoms with van der Waals surface area (Å²) in [7, 11) is 0. The SMILES string of the molecule is CCCCCCCCNC(=O)[C@H](O)[C@H](O)CO. The Morgan fingerprint density at radius 2 is 1.71 bits per heavy atom. The van der Waals surface area contributed by atoms with E-state index < -0.39 is 24.7 Å². The van der Waals surface area contributed by atoms with Gasteiger partial charge >= 0.3 is 0 Å². The minimum absolute atomic E-state index is 0.500. The number of aliphatic hydroxyl groups excluding tert-OH is 3. The third-order valence-electron chi connectivity index (χ3n) is 2.65. The number of carbonyl (C=O) groups is 1. The normalized spacial score (nSPS) is 14.4. The molecular formula is C12H25NO4. The number of rotatable bonds is 10. The molecule has 2 atom stereocenters. The lowest BCUT2D eigenvalue weighted by Gasteiger charge is -2.15. The number of carbonyl (C=O) groups excluding carboxylic acids is 1. The maximum atomic E-state index is 11.2. The van der Waals surface area contributed by atoms with Crippen molar-refractivity contribution in [3.63, 3.8) is 0 Å². The molecule has 0 spiro atoms. The Bertz CT molecular complexity index is 199. The van der Waals surface area contributed by atoms with Crippen LogP contribution in [0.3, 0.4) is 0 Å². The van der Waals surface area contributed by atoms with E-state index in [1.54, 1.807) is 0 Å². The number of aliphatic hydroxyl groups is 3. The van der Waals surface area contributed by atoms with E-state index in [0.29, 0.717) is 6.54 Å². The Hall–Kier alpha value is -0.650. The first kappa shape index (κ1) is 16.4. The van der Waals surface area contributed by atoms with Crippen molar-refractivity contribution in [1.82, 2.24) is 5.32 Å². The summed E-state index contributed by atoms with van der Waals surface area (Å²) in [6, 6.07) is 0. The van der Waals surface area contributed by atoms with Crippen LogP contribution in [0.1, 0.15) is 45.4 Å². The average Bonchev–Trinajstić information content (AvgIpc) is 2.35. The summed E-state index contributed by atoms with van der Waals surface area (Å²) < 4.78 is 0. The lowest BCUT2D eigenvalue weighted by Crippen LogP contribution is -2.43. The van der Waals surface area contributed by atoms with Crippen molar-refractivity contribution in [2.45, 2.75) is 57.7 Å². The van der Waals surface area contributed by atoms with Gasteiger partial charge in [0.05, 0.1) is 6.61 Å². The van der Waals surface area contributed by atoms with Gasteiger partial charge in [0, 0.05) is 6.54 Å². The van der Waals surface area contributed by atoms with E-state index in [1.165, 1.54) is 19.3 Å². The van der Waals surface area contributed by atoms with Crippen molar-refractivity contribution < 1.29 is 20.1 Å². The minimum atomic E-state index is -1.54. The van der Waals surface area contributed by atoms with Gasteiger partial charge in [0.15, 0.2) is 6.10 Å². The van der Waals surface area contributed by atoms with Crippen LogP contribution in [0, 0.1) is 0 Å². The molecule has 0 fully saturated rings. The van der Waals surface area contributed by atoms with Crippen LogP contribution >= 0.6 is 0 Å². The molecule has 5 nitrogen and oxygen atoms in total. The fraction of sp³-hybridized carbons (Fsp3) is 0.917. The van der Waals surface area contributed by atoms with E-state index in [4.69, 9.17) is 10.2 Å². The fourth-order valence-corrected chi connectivity index (χ4v) is 1.50. The largest absolute Gasteiger partial charge is 0.394 e. The first-order valence-electron chi connectivity index (χ1n) is 6.38. The van der Waals surface area contributed by atoms with Crippen LogP contribution in [0.25, 0.3) is 0 Å². The highest BCUT2D eigenvalue weighted by atomic mass is 16.4. The summed E-state index contributed by atoms with van der Waals surface area (Å²) >= 11 is 0. The van der Waals surface area contributed by atoms with E-state index in [0.717, 1.165) is 19.3 Å². The van der Waals surface area contributed by atoms with E-state index in [1.807, 2.05) is 0 Å². The molecule has 0 aliphatic rings. The van der Waals surface area contributed by atoms with E-state index in [2.05, 4.69) is 12.2 Å². The first-order valence-corrected chi connectivity index (χ1v) is 6.38. The summed E-state index contributed by atoms with van der Waals surface area (Å²) in [6.07, 6.45) is 3.81. The maximum Gasteiger partial charge on any atom is 0.251 e. The van der Waals surface area contributed by atoms with Crippen molar-refractivity contribution in [1.29, 1.82) is 0 Å². The molecule has 0 heterocycles. The molecule has 5 heteroatoms. The van der Waals surface area contributed by atoms with Gasteiger partial charge in [0.1, 0.15) is 6.10 Å². The number of hydrogen-bond acceptors (Lipinski definition) is 4. The second-order valence-corrected chi connectivity index (χ2v) is 4.25. The van der Waals surface area contributed by atoms with Crippen molar-refractivity contribution >= 4 is 5.91 Å². The monoisotopic (exact) mass is 247 g/mol. The molecule has 0 aliphatic carbocycles. The summed E-state index contributed by atoms with van der Waals surface area (Å²) in [5, 5.41) is 29.4. The molecule has 4 N–H and O–H groups in total. The second kappa shape index (κ2) is 10.5. The number of amides is 1. The van der Waals surface area contributed by atoms with Crippen LogP contribution < -0.4 is 5.32 Å². The summed E-state index contributed by atoms with van der Waals surface area (Å²) in [5.41, 5.74) is 0. The van der Waals surface area contributed by atoms with Gasteiger partial charge in [0.25, 0.3) is 5.91 Å². The number of nitrogens with one attached hydrogen (secondary N) is 1. The molecule has 1 amide bonds. The summed E-state index contributed by atoms with van der Waals surface area (Å²) in [6.45, 7) is 2.04. The molecule has 17 heavy (non-hydrogen) atoms. The average molecular weight is 247 g/mol. The van der Waals surface area contributed by atoms with Crippen LogP contribution in [0.5, 0.6) is 0 Å². The van der Waals surface area contributed by atoms with Gasteiger partial charge in [0.2, 0.25) is 0 Å². The highest BCUT2D eigenvalue weighted by Crippen LogP contribution is 2.04. The number of unbranched alkanes of at least 4 members (excludes halogenated alkanes) is 5. The lowest BCUT2D eigenvalue weighted by atomic mass is 10.1. The minimum Gasteiger partial charge on any atom is -0.394 e. The zero-order valence-corrected chi connectivity index (χ0v) is 10.6. The van der Waals surface area contributed by atoms with Crippen LogP contribution in [0.2, 0.25) is 0 Å². The second-order valence-electron chi connectivity index (χ2n) is 4.25. The van der Waals surface area contributed by atoms with Crippen molar-refractivity contribution in [3.05, 3.63) is 0 Å². The Morgan fingerprint density at radius 3 is 2.29 bits per heavy atom. The van der Waals surface area contributed by atoms with E-state index >= 15 is 0 Å². The number of hydrogen-bond donors (Lipinski definition) is 4. The van der Waals surface area contributed by atoms with Crippen molar-refractivity contribution in [2.75, 3.05) is 13.2 Å². The molecule has 102 valence electrons. The molecule has 0 bridgehead atoms. The molecule has 0 saturated heterocycles. The predicted octanol–water partition coefficient (Wildman–Crippen LogP) is 0.177. The van der Waals surface area contributed by atoms with Crippen molar-refractivity contribution in [3.8, 4) is 0 Å². The lowest BCUT2D eigenvalue weighted by molar-refractivity contribution is -0.136. The molecule has 0 saturated carbocycles. The fourth-order valence-electron chi connectivity index (χ4n) is 1.50. The third-order valence-corrected chi connectivity index (χ3v) is 2.65. The highest BCUT2D eigenvalue weighted by molar-refractivity contribution is 5.81. The molecule has 0 aliphatic heterocycles. The van der Waals surface area contributed by atoms with Crippen LogP contribution in [0.4, 0.5) is 0 Å². The van der Waals surface area contributed by atoms with Gasteiger partial charge in [-0.25, -0.2) is 0 Å². The molecular weight excluding hydrogens is 222 g/mol. The Kier molecular flexibility index (Phi) is 10.1.